The van der Waals surface area contributed by atoms with E-state index in [1.807, 2.05) is 37.3 Å². The summed E-state index contributed by atoms with van der Waals surface area (Å²) in [7, 11) is 0. The summed E-state index contributed by atoms with van der Waals surface area (Å²) in [5.74, 6) is -1.89. The number of carbonyl (C=O) groups excluding carboxylic acids is 1. The van der Waals surface area contributed by atoms with Crippen LogP contribution in [0.4, 0.5) is 0 Å². The summed E-state index contributed by atoms with van der Waals surface area (Å²) < 4.78 is 0. The minimum absolute atomic E-state index is 0.0462. The third kappa shape index (κ3) is 3.84. The van der Waals surface area contributed by atoms with Crippen molar-refractivity contribution in [1.82, 2.24) is 5.32 Å². The van der Waals surface area contributed by atoms with Crippen LogP contribution in [0.1, 0.15) is 50.6 Å². The lowest BCUT2D eigenvalue weighted by molar-refractivity contribution is -0.149. The molecule has 1 saturated carbocycles. The molecular weight excluding hydrogens is 266 g/mol. The third-order valence-corrected chi connectivity index (χ3v) is 4.35. The molecule has 4 nitrogen and oxygen atoms in total. The van der Waals surface area contributed by atoms with Crippen LogP contribution < -0.4 is 5.32 Å². The van der Waals surface area contributed by atoms with Crippen LogP contribution in [0, 0.1) is 11.8 Å². The molecule has 0 spiro atoms. The summed E-state index contributed by atoms with van der Waals surface area (Å²) in [6.07, 6.45) is 3.91. The molecule has 4 heteroatoms. The van der Waals surface area contributed by atoms with Gasteiger partial charge in [0.05, 0.1) is 17.9 Å². The molecule has 1 aliphatic rings. The second-order valence-electron chi connectivity index (χ2n) is 5.72. The minimum atomic E-state index is -0.845. The first-order chi connectivity index (χ1) is 10.1. The van der Waals surface area contributed by atoms with Gasteiger partial charge >= 0.3 is 5.97 Å². The summed E-state index contributed by atoms with van der Waals surface area (Å²) >= 11 is 0. The molecule has 2 rings (SSSR count). The number of benzene rings is 1. The van der Waals surface area contributed by atoms with Gasteiger partial charge < -0.3 is 10.4 Å². The summed E-state index contributed by atoms with van der Waals surface area (Å²) in [6, 6.07) is 9.78. The van der Waals surface area contributed by atoms with Crippen LogP contribution in [0.25, 0.3) is 0 Å². The highest BCUT2D eigenvalue weighted by Gasteiger charge is 2.36. The number of nitrogens with one attached hydrogen (secondary N) is 1. The number of hydrogen-bond acceptors (Lipinski definition) is 2. The van der Waals surface area contributed by atoms with Crippen LogP contribution in [0.2, 0.25) is 0 Å². The van der Waals surface area contributed by atoms with Gasteiger partial charge in [0.15, 0.2) is 0 Å². The Labute approximate surface area is 125 Å². The summed E-state index contributed by atoms with van der Waals surface area (Å²) in [6.45, 7) is 2.02. The topological polar surface area (TPSA) is 66.4 Å². The van der Waals surface area contributed by atoms with E-state index in [9.17, 15) is 14.7 Å². The van der Waals surface area contributed by atoms with Crippen molar-refractivity contribution in [2.45, 2.75) is 45.1 Å². The monoisotopic (exact) mass is 289 g/mol. The average molecular weight is 289 g/mol. The van der Waals surface area contributed by atoms with Crippen LogP contribution >= 0.6 is 0 Å². The van der Waals surface area contributed by atoms with Crippen LogP contribution in [0.5, 0.6) is 0 Å². The molecule has 1 aromatic carbocycles. The Kier molecular flexibility index (Phi) is 5.37. The van der Waals surface area contributed by atoms with Gasteiger partial charge in [0.1, 0.15) is 0 Å². The molecule has 0 unspecified atom stereocenters. The summed E-state index contributed by atoms with van der Waals surface area (Å²) in [4.78, 5) is 23.8. The van der Waals surface area contributed by atoms with Crippen LogP contribution in [0.15, 0.2) is 30.3 Å². The van der Waals surface area contributed by atoms with Crippen LogP contribution in [-0.4, -0.2) is 17.0 Å². The molecule has 3 atom stereocenters. The number of amides is 1. The molecule has 0 bridgehead atoms. The second kappa shape index (κ2) is 7.25. The molecule has 0 heterocycles. The zero-order valence-electron chi connectivity index (χ0n) is 12.4. The molecule has 0 aromatic heterocycles. The van der Waals surface area contributed by atoms with Crippen molar-refractivity contribution in [3.8, 4) is 0 Å². The molecule has 1 fully saturated rings. The maximum Gasteiger partial charge on any atom is 0.307 e. The maximum absolute atomic E-state index is 12.5. The Balaban J connectivity index is 2.06. The van der Waals surface area contributed by atoms with Gasteiger partial charge in [-0.3, -0.25) is 9.59 Å². The Morgan fingerprint density at radius 3 is 2.38 bits per heavy atom. The summed E-state index contributed by atoms with van der Waals surface area (Å²) in [5, 5.41) is 12.3. The second-order valence-corrected chi connectivity index (χ2v) is 5.72. The van der Waals surface area contributed by atoms with Gasteiger partial charge in [-0.15, -0.1) is 0 Å². The summed E-state index contributed by atoms with van der Waals surface area (Å²) in [5.41, 5.74) is 1.07. The lowest BCUT2D eigenvalue weighted by atomic mass is 9.78. The van der Waals surface area contributed by atoms with Gasteiger partial charge in [0.25, 0.3) is 0 Å². The molecule has 1 aliphatic carbocycles. The first kappa shape index (κ1) is 15.5. The highest BCUT2D eigenvalue weighted by atomic mass is 16.4. The Bertz CT molecular complexity index is 486. The number of carboxylic acid groups (broad SMARTS) is 1. The Morgan fingerprint density at radius 2 is 1.81 bits per heavy atom. The number of carbonyl (C=O) groups is 2. The standard InChI is InChI=1S/C17H23NO3/c1-2-15(12-8-4-3-5-9-12)18-16(19)13-10-6-7-11-14(13)17(20)21/h3-5,8-9,13-15H,2,6-7,10-11H2,1H3,(H,18,19)(H,20,21)/t13-,14+,15-/m1/s1. The van der Waals surface area contributed by atoms with Gasteiger partial charge in [-0.2, -0.15) is 0 Å². The number of carboxylic acids is 1. The third-order valence-electron chi connectivity index (χ3n) is 4.35. The van der Waals surface area contributed by atoms with Crippen LogP contribution in [-0.2, 0) is 9.59 Å². The zero-order chi connectivity index (χ0) is 15.2. The van der Waals surface area contributed by atoms with E-state index in [2.05, 4.69) is 5.32 Å². The van der Waals surface area contributed by atoms with Crippen molar-refractivity contribution in [3.63, 3.8) is 0 Å². The fraction of sp³-hybridized carbons (Fsp3) is 0.529. The van der Waals surface area contributed by atoms with Crippen molar-refractivity contribution in [2.75, 3.05) is 0 Å². The number of hydrogen-bond donors (Lipinski definition) is 2. The number of aliphatic carboxylic acids is 1. The minimum Gasteiger partial charge on any atom is -0.481 e. The van der Waals surface area contributed by atoms with Crippen molar-refractivity contribution in [1.29, 1.82) is 0 Å². The molecule has 0 aliphatic heterocycles. The molecule has 0 saturated heterocycles. The average Bonchev–Trinajstić information content (AvgIpc) is 2.53. The van der Waals surface area contributed by atoms with Gasteiger partial charge in [0, 0.05) is 0 Å². The highest BCUT2D eigenvalue weighted by molar-refractivity contribution is 5.85. The lowest BCUT2D eigenvalue weighted by Gasteiger charge is -2.29. The van der Waals surface area contributed by atoms with Crippen molar-refractivity contribution < 1.29 is 14.7 Å². The zero-order valence-corrected chi connectivity index (χ0v) is 12.4. The molecule has 1 aromatic rings. The Morgan fingerprint density at radius 1 is 1.19 bits per heavy atom. The van der Waals surface area contributed by atoms with Crippen LogP contribution in [0.3, 0.4) is 0 Å². The van der Waals surface area contributed by atoms with Crippen molar-refractivity contribution in [2.24, 2.45) is 11.8 Å². The van der Waals surface area contributed by atoms with E-state index >= 15 is 0 Å². The van der Waals surface area contributed by atoms with Crippen molar-refractivity contribution in [3.05, 3.63) is 35.9 Å². The highest BCUT2D eigenvalue weighted by Crippen LogP contribution is 2.31. The maximum atomic E-state index is 12.5. The van der Waals surface area contributed by atoms with E-state index in [1.165, 1.54) is 0 Å². The molecular formula is C17H23NO3. The van der Waals surface area contributed by atoms with Gasteiger partial charge in [-0.1, -0.05) is 50.1 Å². The SMILES string of the molecule is CC[C@@H](NC(=O)[C@@H]1CCCC[C@@H]1C(=O)O)c1ccccc1. The van der Waals surface area contributed by atoms with Gasteiger partial charge in [0.2, 0.25) is 5.91 Å². The predicted molar refractivity (Wildman–Crippen MR) is 80.7 cm³/mol. The van der Waals surface area contributed by atoms with Gasteiger partial charge in [-0.25, -0.2) is 0 Å². The van der Waals surface area contributed by atoms with E-state index < -0.39 is 17.8 Å². The lowest BCUT2D eigenvalue weighted by Crippen LogP contribution is -2.41. The smallest absolute Gasteiger partial charge is 0.307 e. The number of rotatable bonds is 5. The Hall–Kier alpha value is -1.84. The molecule has 114 valence electrons. The van der Waals surface area contributed by atoms with E-state index in [-0.39, 0.29) is 11.9 Å². The van der Waals surface area contributed by atoms with E-state index in [4.69, 9.17) is 0 Å². The normalized spacial score (nSPS) is 23.3. The first-order valence-electron chi connectivity index (χ1n) is 7.71. The molecule has 2 N–H and O–H groups in total. The van der Waals surface area contributed by atoms with Gasteiger partial charge in [-0.05, 0) is 24.8 Å². The van der Waals surface area contributed by atoms with E-state index in [0.717, 1.165) is 24.8 Å². The van der Waals surface area contributed by atoms with Crippen molar-refractivity contribution >= 4 is 11.9 Å². The fourth-order valence-electron chi connectivity index (χ4n) is 3.13. The quantitative estimate of drug-likeness (QED) is 0.875. The predicted octanol–water partition coefficient (Wildman–Crippen LogP) is 3.14. The molecule has 1 amide bonds. The molecule has 0 radical (unpaired) electrons. The largest absolute Gasteiger partial charge is 0.481 e. The first-order valence-corrected chi connectivity index (χ1v) is 7.71. The van der Waals surface area contributed by atoms with E-state index in [0.29, 0.717) is 12.8 Å². The van der Waals surface area contributed by atoms with E-state index in [1.54, 1.807) is 0 Å². The molecule has 21 heavy (non-hydrogen) atoms. The fourth-order valence-corrected chi connectivity index (χ4v) is 3.13.